The molecule has 0 aliphatic heterocycles. The van der Waals surface area contributed by atoms with Gasteiger partial charge >= 0.3 is 5.97 Å². The van der Waals surface area contributed by atoms with Crippen molar-refractivity contribution in [2.24, 2.45) is 0 Å². The van der Waals surface area contributed by atoms with E-state index in [1.54, 1.807) is 21.0 Å². The number of nitriles is 1. The normalized spacial score (nSPS) is 10.8. The summed E-state index contributed by atoms with van der Waals surface area (Å²) in [5, 5.41) is 17.6. The van der Waals surface area contributed by atoms with Crippen LogP contribution in [0.1, 0.15) is 45.1 Å². The Labute approximate surface area is 244 Å². The van der Waals surface area contributed by atoms with E-state index in [0.29, 0.717) is 16.8 Å². The minimum Gasteiger partial charge on any atom is -0.469 e. The van der Waals surface area contributed by atoms with Gasteiger partial charge in [-0.2, -0.15) is 5.26 Å². The standard InChI is InChI=1S/C28H24Cl2FN5O5/c1-14-19(6-8-22(37)39-4)25(28(38)36(2)3)33-24(14)27-35-34-21(41-27)11-16-5-7-20(30)26(23(16)31)40-18-10-15(13-32)9-17(29)12-18/h5,7,9-10,12,33H,6,8,11H2,1-4H3. The van der Waals surface area contributed by atoms with Crippen LogP contribution in [-0.4, -0.2) is 53.2 Å². The van der Waals surface area contributed by atoms with Crippen LogP contribution in [0.25, 0.3) is 11.6 Å². The monoisotopic (exact) mass is 599 g/mol. The van der Waals surface area contributed by atoms with E-state index < -0.39 is 11.8 Å². The number of methoxy groups -OCH3 is 1. The molecule has 0 atom stereocenters. The maximum Gasteiger partial charge on any atom is 0.305 e. The number of carbonyl (C=O) groups excluding carboxylic acids is 2. The van der Waals surface area contributed by atoms with Gasteiger partial charge < -0.3 is 23.8 Å². The molecule has 4 aromatic rings. The molecule has 212 valence electrons. The quantitative estimate of drug-likeness (QED) is 0.236. The fourth-order valence-electron chi connectivity index (χ4n) is 4.09. The molecule has 0 bridgehead atoms. The average molecular weight is 600 g/mol. The molecule has 2 aromatic carbocycles. The maximum absolute atomic E-state index is 15.5. The van der Waals surface area contributed by atoms with Crippen molar-refractivity contribution in [3.8, 4) is 29.2 Å². The number of benzene rings is 2. The third-order valence-corrected chi connectivity index (χ3v) is 6.69. The second-order valence-electron chi connectivity index (χ2n) is 9.17. The molecule has 2 aromatic heterocycles. The van der Waals surface area contributed by atoms with Gasteiger partial charge in [-0.3, -0.25) is 9.59 Å². The summed E-state index contributed by atoms with van der Waals surface area (Å²) >= 11 is 12.2. The minimum atomic E-state index is -0.754. The molecular formula is C28H24Cl2FN5O5. The predicted molar refractivity (Wildman–Crippen MR) is 148 cm³/mol. The number of halogens is 3. The Morgan fingerprint density at radius 1 is 1.20 bits per heavy atom. The molecule has 1 N–H and O–H groups in total. The second-order valence-corrected chi connectivity index (χ2v) is 10.0. The molecule has 0 unspecified atom stereocenters. The molecule has 0 spiro atoms. The third-order valence-electron chi connectivity index (χ3n) is 6.18. The number of carbonyl (C=O) groups is 2. The number of nitrogens with one attached hydrogen (secondary N) is 1. The Bertz CT molecular complexity index is 1670. The van der Waals surface area contributed by atoms with Gasteiger partial charge in [0.25, 0.3) is 11.8 Å². The molecule has 0 aliphatic rings. The lowest BCUT2D eigenvalue weighted by Crippen LogP contribution is -2.23. The summed E-state index contributed by atoms with van der Waals surface area (Å²) in [5.41, 5.74) is 2.37. The number of hydrogen-bond acceptors (Lipinski definition) is 8. The Morgan fingerprint density at radius 2 is 1.95 bits per heavy atom. The summed E-state index contributed by atoms with van der Waals surface area (Å²) in [7, 11) is 4.52. The van der Waals surface area contributed by atoms with E-state index in [0.717, 1.165) is 0 Å². The fraction of sp³-hybridized carbons (Fsp3) is 0.250. The van der Waals surface area contributed by atoms with Gasteiger partial charge in [-0.1, -0.05) is 29.3 Å². The number of rotatable bonds is 9. The van der Waals surface area contributed by atoms with Crippen LogP contribution in [0.5, 0.6) is 11.5 Å². The van der Waals surface area contributed by atoms with Crippen molar-refractivity contribution in [2.75, 3.05) is 21.2 Å². The zero-order chi connectivity index (χ0) is 29.8. The Hall–Kier alpha value is -4.40. The summed E-state index contributed by atoms with van der Waals surface area (Å²) < 4.78 is 31.7. The van der Waals surface area contributed by atoms with Gasteiger partial charge in [0.05, 0.1) is 30.2 Å². The van der Waals surface area contributed by atoms with Crippen LogP contribution >= 0.6 is 23.2 Å². The highest BCUT2D eigenvalue weighted by Crippen LogP contribution is 2.36. The maximum atomic E-state index is 15.5. The lowest BCUT2D eigenvalue weighted by atomic mass is 10.0. The second kappa shape index (κ2) is 12.4. The number of amides is 1. The van der Waals surface area contributed by atoms with Crippen LogP contribution in [0, 0.1) is 24.1 Å². The van der Waals surface area contributed by atoms with Crippen LogP contribution in [-0.2, 0) is 22.4 Å². The van der Waals surface area contributed by atoms with Crippen molar-refractivity contribution in [3.63, 3.8) is 0 Å². The zero-order valence-electron chi connectivity index (χ0n) is 22.5. The molecule has 1 amide bonds. The molecule has 10 nitrogen and oxygen atoms in total. The average Bonchev–Trinajstić information content (AvgIpc) is 3.54. The zero-order valence-corrected chi connectivity index (χ0v) is 24.0. The fourth-order valence-corrected chi connectivity index (χ4v) is 4.50. The minimum absolute atomic E-state index is 0.00975. The molecule has 4 rings (SSSR count). The van der Waals surface area contributed by atoms with Gasteiger partial charge in [0, 0.05) is 31.1 Å². The van der Waals surface area contributed by atoms with Gasteiger partial charge in [0.15, 0.2) is 11.6 Å². The molecule has 41 heavy (non-hydrogen) atoms. The first-order valence-corrected chi connectivity index (χ1v) is 13.0. The summed E-state index contributed by atoms with van der Waals surface area (Å²) in [5.74, 6) is -1.40. The summed E-state index contributed by atoms with van der Waals surface area (Å²) in [6.07, 6.45) is 0.237. The number of nitrogens with zero attached hydrogens (tertiary/aromatic N) is 4. The van der Waals surface area contributed by atoms with Gasteiger partial charge in [-0.05, 0) is 48.7 Å². The molecule has 2 heterocycles. The largest absolute Gasteiger partial charge is 0.469 e. The van der Waals surface area contributed by atoms with E-state index in [2.05, 4.69) is 15.2 Å². The highest BCUT2D eigenvalue weighted by Gasteiger charge is 2.25. The topological polar surface area (TPSA) is 134 Å². The molecule has 0 radical (unpaired) electrons. The van der Waals surface area contributed by atoms with E-state index in [1.807, 2.05) is 6.07 Å². The lowest BCUT2D eigenvalue weighted by molar-refractivity contribution is -0.140. The van der Waals surface area contributed by atoms with Crippen molar-refractivity contribution >= 4 is 35.1 Å². The van der Waals surface area contributed by atoms with Crippen LogP contribution in [0.4, 0.5) is 4.39 Å². The van der Waals surface area contributed by atoms with Crippen LogP contribution in [0.15, 0.2) is 34.7 Å². The first-order valence-electron chi connectivity index (χ1n) is 12.2. The van der Waals surface area contributed by atoms with Crippen LogP contribution < -0.4 is 4.74 Å². The number of esters is 1. The number of aromatic amines is 1. The van der Waals surface area contributed by atoms with E-state index in [1.165, 1.54) is 42.3 Å². The van der Waals surface area contributed by atoms with E-state index in [-0.39, 0.29) is 75.3 Å². The summed E-state index contributed by atoms with van der Waals surface area (Å²) in [4.78, 5) is 29.0. The summed E-state index contributed by atoms with van der Waals surface area (Å²) in [6, 6.07) is 9.17. The molecule has 13 heteroatoms. The van der Waals surface area contributed by atoms with Gasteiger partial charge in [0.2, 0.25) is 5.89 Å². The first kappa shape index (κ1) is 29.6. The smallest absolute Gasteiger partial charge is 0.305 e. The number of ether oxygens (including phenoxy) is 2. The molecule has 0 aliphatic carbocycles. The molecular weight excluding hydrogens is 576 g/mol. The first-order chi connectivity index (χ1) is 19.5. The van der Waals surface area contributed by atoms with Gasteiger partial charge in [-0.15, -0.1) is 10.2 Å². The Morgan fingerprint density at radius 3 is 2.63 bits per heavy atom. The summed E-state index contributed by atoms with van der Waals surface area (Å²) in [6.45, 7) is 1.77. The van der Waals surface area contributed by atoms with E-state index >= 15 is 4.39 Å². The molecule has 0 fully saturated rings. The highest BCUT2D eigenvalue weighted by atomic mass is 35.5. The SMILES string of the molecule is COC(=O)CCc1c(C(=O)N(C)C)[nH]c(-c2nnc(Cc3ccc(Cl)c(Oc4cc(Cl)cc(C#N)c4)c3F)o2)c1C. The van der Waals surface area contributed by atoms with Crippen molar-refractivity contribution in [2.45, 2.75) is 26.2 Å². The number of H-pyrrole nitrogens is 1. The third kappa shape index (κ3) is 6.51. The van der Waals surface area contributed by atoms with Gasteiger partial charge in [0.1, 0.15) is 17.1 Å². The lowest BCUT2D eigenvalue weighted by Gasteiger charge is -2.11. The molecule has 0 saturated heterocycles. The highest BCUT2D eigenvalue weighted by molar-refractivity contribution is 6.32. The van der Waals surface area contributed by atoms with Crippen molar-refractivity contribution < 1.29 is 27.9 Å². The Balaban J connectivity index is 1.63. The van der Waals surface area contributed by atoms with Crippen molar-refractivity contribution in [1.29, 1.82) is 5.26 Å². The number of aromatic nitrogens is 3. The number of hydrogen-bond donors (Lipinski definition) is 1. The van der Waals surface area contributed by atoms with E-state index in [9.17, 15) is 14.9 Å². The van der Waals surface area contributed by atoms with Crippen molar-refractivity contribution in [3.05, 3.63) is 80.0 Å². The van der Waals surface area contributed by atoms with Gasteiger partial charge in [-0.25, -0.2) is 4.39 Å². The Kier molecular flexibility index (Phi) is 8.95. The van der Waals surface area contributed by atoms with Crippen LogP contribution in [0.3, 0.4) is 0 Å². The van der Waals surface area contributed by atoms with Crippen LogP contribution in [0.2, 0.25) is 10.0 Å². The predicted octanol–water partition coefficient (Wildman–Crippen LogP) is 5.88. The van der Waals surface area contributed by atoms with E-state index in [4.69, 9.17) is 37.1 Å². The molecule has 0 saturated carbocycles. The van der Waals surface area contributed by atoms with Crippen molar-refractivity contribution in [1.82, 2.24) is 20.1 Å².